The standard InChI is InChI=1S/C13H19F3N2O/c1-10(17-2)6-3-4-9-18-11(13(14,15)16)7-5-8-12(18)19/h5,7-8,10,17H,3-4,6,9H2,1-2H3. The lowest BCUT2D eigenvalue weighted by Crippen LogP contribution is -2.27. The minimum Gasteiger partial charge on any atom is -0.317 e. The minimum absolute atomic E-state index is 0.102. The molecule has 19 heavy (non-hydrogen) atoms. The summed E-state index contributed by atoms with van der Waals surface area (Å²) in [5, 5.41) is 3.06. The van der Waals surface area contributed by atoms with Gasteiger partial charge in [-0.3, -0.25) is 4.79 Å². The van der Waals surface area contributed by atoms with E-state index in [1.165, 1.54) is 0 Å². The highest BCUT2D eigenvalue weighted by molar-refractivity contribution is 5.10. The summed E-state index contributed by atoms with van der Waals surface area (Å²) >= 11 is 0. The van der Waals surface area contributed by atoms with Crippen LogP contribution in [0.5, 0.6) is 0 Å². The molecule has 0 aromatic carbocycles. The Morgan fingerprint density at radius 1 is 1.32 bits per heavy atom. The number of hydrogen-bond acceptors (Lipinski definition) is 2. The second kappa shape index (κ2) is 6.75. The van der Waals surface area contributed by atoms with Gasteiger partial charge in [0.1, 0.15) is 5.69 Å². The zero-order valence-corrected chi connectivity index (χ0v) is 11.1. The molecule has 0 aliphatic carbocycles. The van der Waals surface area contributed by atoms with E-state index in [1.54, 1.807) is 0 Å². The van der Waals surface area contributed by atoms with Crippen molar-refractivity contribution in [2.45, 2.75) is 44.9 Å². The third-order valence-corrected chi connectivity index (χ3v) is 3.10. The third-order valence-electron chi connectivity index (χ3n) is 3.10. The summed E-state index contributed by atoms with van der Waals surface area (Å²) in [4.78, 5) is 11.5. The van der Waals surface area contributed by atoms with Crippen molar-refractivity contribution in [2.75, 3.05) is 7.05 Å². The van der Waals surface area contributed by atoms with E-state index in [-0.39, 0.29) is 6.54 Å². The molecule has 1 rings (SSSR count). The summed E-state index contributed by atoms with van der Waals surface area (Å²) in [6.45, 7) is 2.11. The predicted octanol–water partition coefficient (Wildman–Crippen LogP) is 2.65. The van der Waals surface area contributed by atoms with Crippen molar-refractivity contribution >= 4 is 0 Å². The van der Waals surface area contributed by atoms with Gasteiger partial charge in [-0.2, -0.15) is 13.2 Å². The highest BCUT2D eigenvalue weighted by Gasteiger charge is 2.33. The summed E-state index contributed by atoms with van der Waals surface area (Å²) < 4.78 is 39.1. The summed E-state index contributed by atoms with van der Waals surface area (Å²) in [5.74, 6) is 0. The molecule has 1 atom stereocenters. The molecular formula is C13H19F3N2O. The number of hydrogen-bond donors (Lipinski definition) is 1. The van der Waals surface area contributed by atoms with Crippen molar-refractivity contribution in [3.63, 3.8) is 0 Å². The first-order valence-corrected chi connectivity index (χ1v) is 6.30. The molecule has 108 valence electrons. The van der Waals surface area contributed by atoms with Crippen LogP contribution in [0.25, 0.3) is 0 Å². The lowest BCUT2D eigenvalue weighted by Gasteiger charge is -2.15. The molecule has 0 saturated carbocycles. The van der Waals surface area contributed by atoms with E-state index < -0.39 is 17.4 Å². The van der Waals surface area contributed by atoms with Crippen molar-refractivity contribution in [3.05, 3.63) is 34.2 Å². The number of halogens is 3. The Kier molecular flexibility index (Phi) is 5.60. The van der Waals surface area contributed by atoms with Gasteiger partial charge in [0.25, 0.3) is 5.56 Å². The Balaban J connectivity index is 2.70. The first kappa shape index (κ1) is 15.8. The molecule has 0 radical (unpaired) electrons. The van der Waals surface area contributed by atoms with E-state index in [2.05, 4.69) is 5.32 Å². The van der Waals surface area contributed by atoms with Crippen LogP contribution in [0.4, 0.5) is 13.2 Å². The molecule has 1 N–H and O–H groups in total. The van der Waals surface area contributed by atoms with Crippen molar-refractivity contribution in [1.29, 1.82) is 0 Å². The summed E-state index contributed by atoms with van der Waals surface area (Å²) in [7, 11) is 1.84. The number of aromatic nitrogens is 1. The molecule has 1 aromatic heterocycles. The first-order valence-electron chi connectivity index (χ1n) is 6.30. The second-order valence-electron chi connectivity index (χ2n) is 4.58. The normalized spacial score (nSPS) is 13.5. The summed E-state index contributed by atoms with van der Waals surface area (Å²) in [6, 6.07) is 3.57. The number of nitrogens with zero attached hydrogens (tertiary/aromatic N) is 1. The third kappa shape index (κ3) is 4.70. The van der Waals surface area contributed by atoms with Gasteiger partial charge >= 0.3 is 6.18 Å². The van der Waals surface area contributed by atoms with Gasteiger partial charge in [-0.25, -0.2) is 0 Å². The molecule has 3 nitrogen and oxygen atoms in total. The van der Waals surface area contributed by atoms with Crippen LogP contribution in [0.2, 0.25) is 0 Å². The van der Waals surface area contributed by atoms with Gasteiger partial charge < -0.3 is 9.88 Å². The molecule has 0 saturated heterocycles. The van der Waals surface area contributed by atoms with Crippen LogP contribution >= 0.6 is 0 Å². The zero-order valence-electron chi connectivity index (χ0n) is 11.1. The Bertz CT molecular complexity index is 454. The average Bonchev–Trinajstić information content (AvgIpc) is 2.34. The highest BCUT2D eigenvalue weighted by atomic mass is 19.4. The van der Waals surface area contributed by atoms with Crippen LogP contribution in [0, 0.1) is 0 Å². The van der Waals surface area contributed by atoms with Crippen molar-refractivity contribution in [1.82, 2.24) is 9.88 Å². The van der Waals surface area contributed by atoms with Crippen LogP contribution in [0.3, 0.4) is 0 Å². The largest absolute Gasteiger partial charge is 0.431 e. The molecule has 0 amide bonds. The topological polar surface area (TPSA) is 34.0 Å². The minimum atomic E-state index is -4.49. The van der Waals surface area contributed by atoms with Crippen molar-refractivity contribution < 1.29 is 13.2 Å². The molecule has 1 heterocycles. The van der Waals surface area contributed by atoms with Crippen molar-refractivity contribution in [2.24, 2.45) is 0 Å². The molecule has 0 aliphatic rings. The van der Waals surface area contributed by atoms with Crippen LogP contribution in [-0.2, 0) is 12.7 Å². The molecule has 0 spiro atoms. The number of alkyl halides is 3. The summed E-state index contributed by atoms with van der Waals surface area (Å²) in [6.07, 6.45) is -2.28. The number of unbranched alkanes of at least 4 members (excludes halogenated alkanes) is 1. The SMILES string of the molecule is CNC(C)CCCCn1c(C(F)(F)F)cccc1=O. The van der Waals surface area contributed by atoms with Crippen LogP contribution < -0.4 is 10.9 Å². The smallest absolute Gasteiger partial charge is 0.317 e. The van der Waals surface area contributed by atoms with Crippen LogP contribution in [0.15, 0.2) is 23.0 Å². The van der Waals surface area contributed by atoms with Crippen LogP contribution in [-0.4, -0.2) is 17.7 Å². The molecular weight excluding hydrogens is 257 g/mol. The van der Waals surface area contributed by atoms with Gasteiger partial charge in [-0.05, 0) is 32.9 Å². The predicted molar refractivity (Wildman–Crippen MR) is 68.1 cm³/mol. The number of pyridine rings is 1. The van der Waals surface area contributed by atoms with E-state index in [0.29, 0.717) is 12.5 Å². The van der Waals surface area contributed by atoms with Gasteiger partial charge in [0.15, 0.2) is 0 Å². The molecule has 1 aromatic rings. The van der Waals surface area contributed by atoms with Crippen molar-refractivity contribution in [3.8, 4) is 0 Å². The Labute approximate surface area is 110 Å². The molecule has 0 fully saturated rings. The second-order valence-corrected chi connectivity index (χ2v) is 4.58. The lowest BCUT2D eigenvalue weighted by molar-refractivity contribution is -0.144. The molecule has 0 bridgehead atoms. The number of nitrogens with one attached hydrogen (secondary N) is 1. The maximum Gasteiger partial charge on any atom is 0.431 e. The van der Waals surface area contributed by atoms with E-state index in [1.807, 2.05) is 14.0 Å². The maximum atomic E-state index is 12.8. The monoisotopic (exact) mass is 276 g/mol. The van der Waals surface area contributed by atoms with E-state index in [4.69, 9.17) is 0 Å². The zero-order chi connectivity index (χ0) is 14.5. The Morgan fingerprint density at radius 2 is 2.00 bits per heavy atom. The Morgan fingerprint density at radius 3 is 2.58 bits per heavy atom. The molecule has 1 unspecified atom stereocenters. The first-order chi connectivity index (χ1) is 8.86. The highest BCUT2D eigenvalue weighted by Crippen LogP contribution is 2.28. The van der Waals surface area contributed by atoms with Crippen LogP contribution in [0.1, 0.15) is 31.9 Å². The van der Waals surface area contributed by atoms with E-state index >= 15 is 0 Å². The fourth-order valence-electron chi connectivity index (χ4n) is 1.86. The van der Waals surface area contributed by atoms with Gasteiger partial charge in [-0.15, -0.1) is 0 Å². The number of rotatable bonds is 6. The lowest BCUT2D eigenvalue weighted by atomic mass is 10.1. The summed E-state index contributed by atoms with van der Waals surface area (Å²) in [5.41, 5.74) is -1.47. The molecule has 0 aliphatic heterocycles. The Hall–Kier alpha value is -1.30. The average molecular weight is 276 g/mol. The van der Waals surface area contributed by atoms with E-state index in [9.17, 15) is 18.0 Å². The fourth-order valence-corrected chi connectivity index (χ4v) is 1.86. The van der Waals surface area contributed by atoms with E-state index in [0.717, 1.165) is 35.6 Å². The maximum absolute atomic E-state index is 12.8. The quantitative estimate of drug-likeness (QED) is 0.810. The van der Waals surface area contributed by atoms with Gasteiger partial charge in [-0.1, -0.05) is 12.5 Å². The molecule has 6 heteroatoms. The van der Waals surface area contributed by atoms with Gasteiger partial charge in [0.2, 0.25) is 0 Å². The fraction of sp³-hybridized carbons (Fsp3) is 0.615. The van der Waals surface area contributed by atoms with Gasteiger partial charge in [0.05, 0.1) is 0 Å². The van der Waals surface area contributed by atoms with Gasteiger partial charge in [0, 0.05) is 18.7 Å².